The number of carbonyl (C=O) groups is 1. The number of hydrogen-bond donors (Lipinski definition) is 1. The van der Waals surface area contributed by atoms with Crippen molar-refractivity contribution in [3.05, 3.63) is 60.0 Å². The number of rotatable bonds is 6. The first-order chi connectivity index (χ1) is 15.9. The van der Waals surface area contributed by atoms with E-state index in [0.29, 0.717) is 42.7 Å². The number of benzene rings is 2. The molecule has 2 aliphatic rings. The van der Waals surface area contributed by atoms with Gasteiger partial charge in [-0.15, -0.1) is 0 Å². The van der Waals surface area contributed by atoms with Crippen molar-refractivity contribution in [3.63, 3.8) is 0 Å². The van der Waals surface area contributed by atoms with Gasteiger partial charge in [0, 0.05) is 30.3 Å². The number of nitrogens with zero attached hydrogens (tertiary/aromatic N) is 3. The van der Waals surface area contributed by atoms with Crippen molar-refractivity contribution in [2.24, 2.45) is 5.92 Å². The van der Waals surface area contributed by atoms with Gasteiger partial charge >= 0.3 is 0 Å². The van der Waals surface area contributed by atoms with E-state index in [-0.39, 0.29) is 17.3 Å². The van der Waals surface area contributed by atoms with E-state index in [4.69, 9.17) is 4.52 Å². The molecule has 0 spiro atoms. The minimum absolute atomic E-state index is 0.164. The number of hydrogen-bond acceptors (Lipinski definition) is 6. The molecule has 2 fully saturated rings. The Morgan fingerprint density at radius 3 is 2.67 bits per heavy atom. The Hall–Kier alpha value is -3.04. The number of amides is 1. The maximum Gasteiger partial charge on any atom is 0.243 e. The highest BCUT2D eigenvalue weighted by Gasteiger charge is 2.33. The molecule has 1 aliphatic carbocycles. The van der Waals surface area contributed by atoms with Crippen molar-refractivity contribution in [2.75, 3.05) is 18.4 Å². The molecular weight excluding hydrogens is 440 g/mol. The maximum absolute atomic E-state index is 13.1. The van der Waals surface area contributed by atoms with Crippen LogP contribution in [-0.4, -0.2) is 41.9 Å². The van der Waals surface area contributed by atoms with Crippen LogP contribution < -0.4 is 5.32 Å². The molecule has 1 amide bonds. The third-order valence-electron chi connectivity index (χ3n) is 6.17. The molecule has 1 saturated heterocycles. The van der Waals surface area contributed by atoms with E-state index >= 15 is 0 Å². The summed E-state index contributed by atoms with van der Waals surface area (Å²) >= 11 is 0. The largest absolute Gasteiger partial charge is 0.339 e. The van der Waals surface area contributed by atoms with Gasteiger partial charge in [-0.2, -0.15) is 9.29 Å². The zero-order chi connectivity index (χ0) is 23.0. The van der Waals surface area contributed by atoms with Crippen molar-refractivity contribution in [2.45, 2.75) is 43.4 Å². The van der Waals surface area contributed by atoms with E-state index in [0.717, 1.165) is 24.0 Å². The lowest BCUT2D eigenvalue weighted by molar-refractivity contribution is -0.120. The molecule has 2 heterocycles. The quantitative estimate of drug-likeness (QED) is 0.589. The Balaban J connectivity index is 1.27. The minimum atomic E-state index is -3.63. The molecule has 5 rings (SSSR count). The molecule has 3 aromatic rings. The highest BCUT2D eigenvalue weighted by Crippen LogP contribution is 2.39. The van der Waals surface area contributed by atoms with E-state index < -0.39 is 15.9 Å². The Morgan fingerprint density at radius 1 is 1.12 bits per heavy atom. The zero-order valence-electron chi connectivity index (χ0n) is 18.4. The number of carbonyl (C=O) groups excluding carboxylic acids is 1. The standard InChI is InChI=1S/C24H26N4O4S/c1-16-7-11-21(12-8-16)33(30,31)28-13-3-5-19(15-28)23(29)25-20-6-2-4-18(14-20)22-26-24(32-27-22)17-9-10-17/h2,4,6-8,11-12,14,17,19H,3,5,9-10,13,15H2,1H3,(H,25,29). The Kier molecular flexibility index (Phi) is 5.76. The van der Waals surface area contributed by atoms with Gasteiger partial charge in [0.1, 0.15) is 0 Å². The van der Waals surface area contributed by atoms with Crippen LogP contribution in [0.25, 0.3) is 11.4 Å². The van der Waals surface area contributed by atoms with Gasteiger partial charge in [0.05, 0.1) is 10.8 Å². The van der Waals surface area contributed by atoms with Crippen LogP contribution in [0.4, 0.5) is 5.69 Å². The van der Waals surface area contributed by atoms with Crippen LogP contribution in [0.2, 0.25) is 0 Å². The fourth-order valence-electron chi connectivity index (χ4n) is 4.06. The van der Waals surface area contributed by atoms with Crippen LogP contribution >= 0.6 is 0 Å². The predicted molar refractivity (Wildman–Crippen MR) is 123 cm³/mol. The van der Waals surface area contributed by atoms with E-state index in [1.54, 1.807) is 30.3 Å². The van der Waals surface area contributed by atoms with Gasteiger partial charge in [-0.1, -0.05) is 35.0 Å². The van der Waals surface area contributed by atoms with Gasteiger partial charge in [-0.25, -0.2) is 8.42 Å². The Labute approximate surface area is 193 Å². The van der Waals surface area contributed by atoms with Crippen molar-refractivity contribution in [1.82, 2.24) is 14.4 Å². The average Bonchev–Trinajstić information content (AvgIpc) is 3.56. The first-order valence-corrected chi connectivity index (χ1v) is 12.7. The summed E-state index contributed by atoms with van der Waals surface area (Å²) in [5.41, 5.74) is 2.38. The molecule has 1 aromatic heterocycles. The fraction of sp³-hybridized carbons (Fsp3) is 0.375. The third-order valence-corrected chi connectivity index (χ3v) is 8.05. The third kappa shape index (κ3) is 4.69. The zero-order valence-corrected chi connectivity index (χ0v) is 19.2. The number of aromatic nitrogens is 2. The molecule has 0 bridgehead atoms. The molecule has 1 atom stereocenters. The summed E-state index contributed by atoms with van der Waals surface area (Å²) in [6.07, 6.45) is 3.43. The molecule has 9 heteroatoms. The summed E-state index contributed by atoms with van der Waals surface area (Å²) in [4.78, 5) is 17.7. The van der Waals surface area contributed by atoms with Gasteiger partial charge in [0.25, 0.3) is 0 Å². The normalized spacial score (nSPS) is 19.4. The second kappa shape index (κ2) is 8.72. The lowest BCUT2D eigenvalue weighted by Gasteiger charge is -2.31. The van der Waals surface area contributed by atoms with Crippen LogP contribution in [0, 0.1) is 12.8 Å². The molecule has 8 nitrogen and oxygen atoms in total. The van der Waals surface area contributed by atoms with E-state index in [1.165, 1.54) is 4.31 Å². The second-order valence-electron chi connectivity index (χ2n) is 8.82. The molecule has 0 radical (unpaired) electrons. The second-order valence-corrected chi connectivity index (χ2v) is 10.8. The van der Waals surface area contributed by atoms with Crippen LogP contribution in [0.3, 0.4) is 0 Å². The SMILES string of the molecule is Cc1ccc(S(=O)(=O)N2CCCC(C(=O)Nc3cccc(-c4noc(C5CC5)n4)c3)C2)cc1. The van der Waals surface area contributed by atoms with E-state index in [9.17, 15) is 13.2 Å². The number of nitrogens with one attached hydrogen (secondary N) is 1. The van der Waals surface area contributed by atoms with Crippen molar-refractivity contribution in [3.8, 4) is 11.4 Å². The van der Waals surface area contributed by atoms with Gasteiger partial charge in [0.15, 0.2) is 0 Å². The fourth-order valence-corrected chi connectivity index (χ4v) is 5.59. The summed E-state index contributed by atoms with van der Waals surface area (Å²) < 4.78 is 32.9. The molecular formula is C24H26N4O4S. The summed E-state index contributed by atoms with van der Waals surface area (Å²) in [5, 5.41) is 6.99. The summed E-state index contributed by atoms with van der Waals surface area (Å²) in [7, 11) is -3.63. The van der Waals surface area contributed by atoms with Crippen LogP contribution in [0.1, 0.15) is 43.1 Å². The molecule has 1 saturated carbocycles. The van der Waals surface area contributed by atoms with Gasteiger partial charge in [0.2, 0.25) is 27.6 Å². The number of piperidine rings is 1. The average molecular weight is 467 g/mol. The van der Waals surface area contributed by atoms with Crippen molar-refractivity contribution < 1.29 is 17.7 Å². The summed E-state index contributed by atoms with van der Waals surface area (Å²) in [5.74, 6) is 0.925. The smallest absolute Gasteiger partial charge is 0.243 e. The van der Waals surface area contributed by atoms with E-state index in [2.05, 4.69) is 15.5 Å². The maximum atomic E-state index is 13.1. The first kappa shape index (κ1) is 21.8. The van der Waals surface area contributed by atoms with Crippen LogP contribution in [0.5, 0.6) is 0 Å². The topological polar surface area (TPSA) is 105 Å². The lowest BCUT2D eigenvalue weighted by atomic mass is 9.98. The molecule has 1 N–H and O–H groups in total. The lowest BCUT2D eigenvalue weighted by Crippen LogP contribution is -2.43. The molecule has 1 aliphatic heterocycles. The highest BCUT2D eigenvalue weighted by atomic mass is 32.2. The Bertz CT molecular complexity index is 1270. The van der Waals surface area contributed by atoms with E-state index in [1.807, 2.05) is 25.1 Å². The highest BCUT2D eigenvalue weighted by molar-refractivity contribution is 7.89. The van der Waals surface area contributed by atoms with Crippen molar-refractivity contribution in [1.29, 1.82) is 0 Å². The number of anilines is 1. The molecule has 1 unspecified atom stereocenters. The van der Waals surface area contributed by atoms with Crippen LogP contribution in [0.15, 0.2) is 57.9 Å². The van der Waals surface area contributed by atoms with Gasteiger partial charge in [-0.05, 0) is 56.9 Å². The Morgan fingerprint density at radius 2 is 1.91 bits per heavy atom. The van der Waals surface area contributed by atoms with Gasteiger partial charge in [-0.3, -0.25) is 4.79 Å². The predicted octanol–water partition coefficient (Wildman–Crippen LogP) is 3.96. The van der Waals surface area contributed by atoms with Crippen molar-refractivity contribution >= 4 is 21.6 Å². The first-order valence-electron chi connectivity index (χ1n) is 11.2. The molecule has 172 valence electrons. The van der Waals surface area contributed by atoms with Gasteiger partial charge < -0.3 is 9.84 Å². The summed E-state index contributed by atoms with van der Waals surface area (Å²) in [6, 6.07) is 14.1. The number of aryl methyl sites for hydroxylation is 1. The summed E-state index contributed by atoms with van der Waals surface area (Å²) in [6.45, 7) is 2.49. The van der Waals surface area contributed by atoms with Crippen LogP contribution in [-0.2, 0) is 14.8 Å². The number of sulfonamides is 1. The minimum Gasteiger partial charge on any atom is -0.339 e. The molecule has 2 aromatic carbocycles. The monoisotopic (exact) mass is 466 g/mol. The molecule has 33 heavy (non-hydrogen) atoms.